The van der Waals surface area contributed by atoms with Crippen molar-refractivity contribution in [2.75, 3.05) is 18.2 Å². The number of hydrogen-bond donors (Lipinski definition) is 1. The summed E-state index contributed by atoms with van der Waals surface area (Å²) in [5.41, 5.74) is 1.25. The summed E-state index contributed by atoms with van der Waals surface area (Å²) in [6, 6.07) is 11.7. The van der Waals surface area contributed by atoms with Gasteiger partial charge < -0.3 is 19.4 Å². The number of aryl methyl sites for hydroxylation is 1. The molecule has 0 bridgehead atoms. The van der Waals surface area contributed by atoms with Gasteiger partial charge in [-0.3, -0.25) is 4.79 Å². The fourth-order valence-electron chi connectivity index (χ4n) is 3.13. The SMILES string of the molecule is COc1cccc(OC(C)c2nnc(SCC(=O)Nc3cc(F)ccc3C)n2C(C)C)c1. The van der Waals surface area contributed by atoms with Crippen molar-refractivity contribution < 1.29 is 18.7 Å². The zero-order valence-electron chi connectivity index (χ0n) is 18.8. The number of hydrogen-bond acceptors (Lipinski definition) is 6. The summed E-state index contributed by atoms with van der Waals surface area (Å²) in [7, 11) is 1.60. The van der Waals surface area contributed by atoms with E-state index in [1.165, 1.54) is 23.9 Å². The number of halogens is 1. The van der Waals surface area contributed by atoms with Gasteiger partial charge in [0.05, 0.1) is 12.9 Å². The number of methoxy groups -OCH3 is 1. The zero-order valence-corrected chi connectivity index (χ0v) is 19.6. The van der Waals surface area contributed by atoms with Crippen molar-refractivity contribution in [3.63, 3.8) is 0 Å². The maximum absolute atomic E-state index is 13.5. The van der Waals surface area contributed by atoms with Gasteiger partial charge in [-0.25, -0.2) is 4.39 Å². The Kier molecular flexibility index (Phi) is 7.74. The standard InChI is InChI=1S/C23H27FN4O3S/c1-14(2)28-22(16(4)31-19-8-6-7-18(12-19)30-5)26-27-23(28)32-13-21(29)25-20-11-17(24)10-9-15(20)3/h6-12,14,16H,13H2,1-5H3,(H,25,29). The molecule has 1 aromatic heterocycles. The van der Waals surface area contributed by atoms with Crippen molar-refractivity contribution in [1.82, 2.24) is 14.8 Å². The lowest BCUT2D eigenvalue weighted by Gasteiger charge is -2.19. The van der Waals surface area contributed by atoms with Crippen LogP contribution in [0.3, 0.4) is 0 Å². The smallest absolute Gasteiger partial charge is 0.234 e. The number of amides is 1. The van der Waals surface area contributed by atoms with Crippen molar-refractivity contribution in [2.24, 2.45) is 0 Å². The van der Waals surface area contributed by atoms with Gasteiger partial charge in [-0.15, -0.1) is 10.2 Å². The first-order chi connectivity index (χ1) is 15.3. The van der Waals surface area contributed by atoms with Gasteiger partial charge in [-0.05, 0) is 57.5 Å². The number of thioether (sulfide) groups is 1. The van der Waals surface area contributed by atoms with Crippen molar-refractivity contribution in [1.29, 1.82) is 0 Å². The molecule has 0 aliphatic carbocycles. The summed E-state index contributed by atoms with van der Waals surface area (Å²) in [5, 5.41) is 12.0. The van der Waals surface area contributed by atoms with E-state index >= 15 is 0 Å². The number of nitrogens with one attached hydrogen (secondary N) is 1. The number of carbonyl (C=O) groups excluding carboxylic acids is 1. The molecule has 3 aromatic rings. The Labute approximate surface area is 191 Å². The number of anilines is 1. The molecule has 0 aliphatic rings. The van der Waals surface area contributed by atoms with Crippen LogP contribution in [0.5, 0.6) is 11.5 Å². The van der Waals surface area contributed by atoms with Crippen LogP contribution < -0.4 is 14.8 Å². The lowest BCUT2D eigenvalue weighted by molar-refractivity contribution is -0.113. The number of ether oxygens (including phenoxy) is 2. The lowest BCUT2D eigenvalue weighted by atomic mass is 10.2. The summed E-state index contributed by atoms with van der Waals surface area (Å²) >= 11 is 1.27. The predicted molar refractivity (Wildman–Crippen MR) is 123 cm³/mol. The second-order valence-electron chi connectivity index (χ2n) is 7.54. The molecule has 9 heteroatoms. The fraction of sp³-hybridized carbons (Fsp3) is 0.348. The van der Waals surface area contributed by atoms with Crippen LogP contribution in [0.4, 0.5) is 10.1 Å². The van der Waals surface area contributed by atoms with E-state index in [0.29, 0.717) is 28.2 Å². The van der Waals surface area contributed by atoms with Crippen LogP contribution in [0.2, 0.25) is 0 Å². The highest BCUT2D eigenvalue weighted by atomic mass is 32.2. The Balaban J connectivity index is 1.70. The Morgan fingerprint density at radius 1 is 1.16 bits per heavy atom. The number of aromatic nitrogens is 3. The molecule has 32 heavy (non-hydrogen) atoms. The summed E-state index contributed by atoms with van der Waals surface area (Å²) in [6.07, 6.45) is -0.366. The largest absolute Gasteiger partial charge is 0.497 e. The van der Waals surface area contributed by atoms with Gasteiger partial charge in [0.15, 0.2) is 17.1 Å². The van der Waals surface area contributed by atoms with Crippen LogP contribution in [0.25, 0.3) is 0 Å². The van der Waals surface area contributed by atoms with E-state index in [1.807, 2.05) is 50.5 Å². The van der Waals surface area contributed by atoms with E-state index in [1.54, 1.807) is 19.2 Å². The number of carbonyl (C=O) groups is 1. The Bertz CT molecular complexity index is 1090. The maximum atomic E-state index is 13.5. The first-order valence-electron chi connectivity index (χ1n) is 10.2. The van der Waals surface area contributed by atoms with E-state index in [2.05, 4.69) is 15.5 Å². The van der Waals surface area contributed by atoms with Crippen molar-refractivity contribution in [3.05, 3.63) is 59.7 Å². The molecule has 1 unspecified atom stereocenters. The van der Waals surface area contributed by atoms with E-state index in [9.17, 15) is 9.18 Å². The van der Waals surface area contributed by atoms with Gasteiger partial charge in [0.1, 0.15) is 17.3 Å². The van der Waals surface area contributed by atoms with E-state index in [4.69, 9.17) is 9.47 Å². The average molecular weight is 459 g/mol. The minimum absolute atomic E-state index is 0.0624. The third-order valence-electron chi connectivity index (χ3n) is 4.73. The van der Waals surface area contributed by atoms with Crippen molar-refractivity contribution in [2.45, 2.75) is 45.0 Å². The van der Waals surface area contributed by atoms with Gasteiger partial charge >= 0.3 is 0 Å². The van der Waals surface area contributed by atoms with E-state index < -0.39 is 5.82 Å². The molecule has 3 rings (SSSR count). The van der Waals surface area contributed by atoms with Crippen LogP contribution in [-0.2, 0) is 4.79 Å². The first kappa shape index (κ1) is 23.6. The second-order valence-corrected chi connectivity index (χ2v) is 8.48. The Morgan fingerprint density at radius 2 is 1.91 bits per heavy atom. The normalized spacial score (nSPS) is 12.0. The molecule has 0 saturated carbocycles. The maximum Gasteiger partial charge on any atom is 0.234 e. The van der Waals surface area contributed by atoms with E-state index in [-0.39, 0.29) is 23.8 Å². The molecule has 1 heterocycles. The predicted octanol–water partition coefficient (Wildman–Crippen LogP) is 5.19. The lowest BCUT2D eigenvalue weighted by Crippen LogP contribution is -2.17. The molecule has 0 fully saturated rings. The zero-order chi connectivity index (χ0) is 23.3. The van der Waals surface area contributed by atoms with Gasteiger partial charge in [0.2, 0.25) is 5.91 Å². The molecule has 170 valence electrons. The summed E-state index contributed by atoms with van der Waals surface area (Å²) in [4.78, 5) is 12.4. The minimum atomic E-state index is -0.396. The molecule has 0 spiro atoms. The topological polar surface area (TPSA) is 78.3 Å². The molecule has 0 aliphatic heterocycles. The quantitative estimate of drug-likeness (QED) is 0.445. The van der Waals surface area contributed by atoms with Gasteiger partial charge in [-0.1, -0.05) is 23.9 Å². The Hall–Kier alpha value is -3.07. The van der Waals surface area contributed by atoms with Crippen LogP contribution in [0, 0.1) is 12.7 Å². The van der Waals surface area contributed by atoms with Crippen LogP contribution in [0.1, 0.15) is 44.3 Å². The van der Waals surface area contributed by atoms with Crippen molar-refractivity contribution >= 4 is 23.4 Å². The third-order valence-corrected chi connectivity index (χ3v) is 5.67. The highest BCUT2D eigenvalue weighted by Gasteiger charge is 2.22. The average Bonchev–Trinajstić information content (AvgIpc) is 3.19. The summed E-state index contributed by atoms with van der Waals surface area (Å²) in [6.45, 7) is 7.75. The summed E-state index contributed by atoms with van der Waals surface area (Å²) in [5.74, 6) is 1.50. The van der Waals surface area contributed by atoms with Gasteiger partial charge in [0, 0.05) is 17.8 Å². The monoisotopic (exact) mass is 458 g/mol. The van der Waals surface area contributed by atoms with Crippen LogP contribution >= 0.6 is 11.8 Å². The van der Waals surface area contributed by atoms with Crippen LogP contribution in [-0.4, -0.2) is 33.5 Å². The second kappa shape index (κ2) is 10.5. The number of rotatable bonds is 9. The molecule has 1 amide bonds. The molecule has 0 radical (unpaired) electrons. The van der Waals surface area contributed by atoms with Crippen LogP contribution in [0.15, 0.2) is 47.6 Å². The van der Waals surface area contributed by atoms with E-state index in [0.717, 1.165) is 5.56 Å². The number of benzene rings is 2. The fourth-order valence-corrected chi connectivity index (χ4v) is 4.00. The third kappa shape index (κ3) is 5.79. The molecular weight excluding hydrogens is 431 g/mol. The molecule has 0 saturated heterocycles. The highest BCUT2D eigenvalue weighted by molar-refractivity contribution is 7.99. The Morgan fingerprint density at radius 3 is 2.62 bits per heavy atom. The summed E-state index contributed by atoms with van der Waals surface area (Å²) < 4.78 is 26.7. The highest BCUT2D eigenvalue weighted by Crippen LogP contribution is 2.29. The first-order valence-corrected chi connectivity index (χ1v) is 11.2. The molecule has 2 aromatic carbocycles. The molecule has 7 nitrogen and oxygen atoms in total. The van der Waals surface area contributed by atoms with Gasteiger partial charge in [-0.2, -0.15) is 0 Å². The number of nitrogens with zero attached hydrogens (tertiary/aromatic N) is 3. The minimum Gasteiger partial charge on any atom is -0.497 e. The molecular formula is C23H27FN4O3S. The molecule has 1 N–H and O–H groups in total. The van der Waals surface area contributed by atoms with Gasteiger partial charge in [0.25, 0.3) is 0 Å². The van der Waals surface area contributed by atoms with Crippen molar-refractivity contribution in [3.8, 4) is 11.5 Å². The molecule has 1 atom stereocenters.